The Morgan fingerprint density at radius 2 is 2.00 bits per heavy atom. The van der Waals surface area contributed by atoms with Gasteiger partial charge in [0.05, 0.1) is 7.11 Å². The van der Waals surface area contributed by atoms with Gasteiger partial charge in [0.2, 0.25) is 0 Å². The van der Waals surface area contributed by atoms with Gasteiger partial charge >= 0.3 is 5.63 Å². The standard InChI is InChI=1S/C24H26N2O4/c1-3-18-21(29-2)12-9-16-14-19(24(28)30-22(16)18)23(27)26-17-10-7-15(8-11-17)20-6-4-5-13-25-20/h7-12,14,20,25H,3-6,13H2,1-2H3,(H,26,27)/t20-/m0/s1. The third-order valence-corrected chi connectivity index (χ3v) is 5.66. The van der Waals surface area contributed by atoms with Crippen LogP contribution in [-0.2, 0) is 6.42 Å². The molecule has 0 radical (unpaired) electrons. The summed E-state index contributed by atoms with van der Waals surface area (Å²) in [6.45, 7) is 3.00. The van der Waals surface area contributed by atoms with E-state index in [1.165, 1.54) is 18.4 Å². The number of ether oxygens (including phenoxy) is 1. The first-order valence-electron chi connectivity index (χ1n) is 10.4. The smallest absolute Gasteiger partial charge is 0.349 e. The third-order valence-electron chi connectivity index (χ3n) is 5.66. The lowest BCUT2D eigenvalue weighted by atomic mass is 9.97. The van der Waals surface area contributed by atoms with Crippen LogP contribution in [0.2, 0.25) is 0 Å². The van der Waals surface area contributed by atoms with Gasteiger partial charge in [-0.3, -0.25) is 4.79 Å². The Kier molecular flexibility index (Phi) is 5.86. The summed E-state index contributed by atoms with van der Waals surface area (Å²) >= 11 is 0. The fourth-order valence-electron chi connectivity index (χ4n) is 4.04. The van der Waals surface area contributed by atoms with Gasteiger partial charge in [0.1, 0.15) is 16.9 Å². The summed E-state index contributed by atoms with van der Waals surface area (Å²) in [5, 5.41) is 7.01. The molecule has 6 nitrogen and oxygen atoms in total. The molecule has 0 spiro atoms. The maximum absolute atomic E-state index is 12.7. The van der Waals surface area contributed by atoms with E-state index in [0.29, 0.717) is 34.9 Å². The normalized spacial score (nSPS) is 16.4. The minimum absolute atomic E-state index is 0.0206. The number of carbonyl (C=O) groups is 1. The molecule has 0 aliphatic carbocycles. The second-order valence-corrected chi connectivity index (χ2v) is 7.54. The van der Waals surface area contributed by atoms with Crippen LogP contribution in [0.15, 0.2) is 51.7 Å². The first-order valence-corrected chi connectivity index (χ1v) is 10.4. The van der Waals surface area contributed by atoms with Crippen LogP contribution in [0.25, 0.3) is 11.0 Å². The zero-order valence-electron chi connectivity index (χ0n) is 17.3. The van der Waals surface area contributed by atoms with Crippen LogP contribution in [0.5, 0.6) is 5.75 Å². The van der Waals surface area contributed by atoms with E-state index in [1.54, 1.807) is 19.2 Å². The summed E-state index contributed by atoms with van der Waals surface area (Å²) in [6, 6.07) is 13.3. The molecule has 2 N–H and O–H groups in total. The topological polar surface area (TPSA) is 80.6 Å². The fraction of sp³-hybridized carbons (Fsp3) is 0.333. The molecule has 1 aliphatic rings. The first kappa shape index (κ1) is 20.2. The fourth-order valence-corrected chi connectivity index (χ4v) is 4.04. The van der Waals surface area contributed by atoms with E-state index >= 15 is 0 Å². The Hall–Kier alpha value is -3.12. The molecule has 30 heavy (non-hydrogen) atoms. The molecule has 3 aromatic rings. The lowest BCUT2D eigenvalue weighted by Crippen LogP contribution is -2.26. The molecule has 0 saturated carbocycles. The van der Waals surface area contributed by atoms with Crippen LogP contribution >= 0.6 is 0 Å². The summed E-state index contributed by atoms with van der Waals surface area (Å²) in [7, 11) is 1.58. The minimum Gasteiger partial charge on any atom is -0.496 e. The van der Waals surface area contributed by atoms with Gasteiger partial charge in [0, 0.05) is 22.7 Å². The second kappa shape index (κ2) is 8.71. The van der Waals surface area contributed by atoms with E-state index < -0.39 is 11.5 Å². The number of aryl methyl sites for hydroxylation is 1. The number of methoxy groups -OCH3 is 1. The van der Waals surface area contributed by atoms with Gasteiger partial charge in [-0.1, -0.05) is 25.5 Å². The number of fused-ring (bicyclic) bond motifs is 1. The molecular formula is C24H26N2O4. The number of piperidine rings is 1. The summed E-state index contributed by atoms with van der Waals surface area (Å²) < 4.78 is 10.9. The maximum Gasteiger partial charge on any atom is 0.349 e. The van der Waals surface area contributed by atoms with Crippen molar-refractivity contribution in [2.75, 3.05) is 19.0 Å². The van der Waals surface area contributed by atoms with Gasteiger partial charge in [0.25, 0.3) is 5.91 Å². The largest absolute Gasteiger partial charge is 0.496 e. The van der Waals surface area contributed by atoms with Gasteiger partial charge in [-0.05, 0) is 61.7 Å². The van der Waals surface area contributed by atoms with Crippen LogP contribution in [0.4, 0.5) is 5.69 Å². The Balaban J connectivity index is 1.57. The van der Waals surface area contributed by atoms with Crippen molar-refractivity contribution >= 4 is 22.6 Å². The predicted octanol–water partition coefficient (Wildman–Crippen LogP) is 4.43. The van der Waals surface area contributed by atoms with E-state index in [2.05, 4.69) is 10.6 Å². The SMILES string of the molecule is CCc1c(OC)ccc2cc(C(=O)Nc3ccc([C@@H]4CCCCN4)cc3)c(=O)oc12. The van der Waals surface area contributed by atoms with E-state index in [4.69, 9.17) is 9.15 Å². The minimum atomic E-state index is -0.661. The van der Waals surface area contributed by atoms with Crippen LogP contribution in [-0.4, -0.2) is 19.6 Å². The average Bonchev–Trinajstić information content (AvgIpc) is 2.78. The van der Waals surface area contributed by atoms with Crippen molar-refractivity contribution in [3.63, 3.8) is 0 Å². The van der Waals surface area contributed by atoms with Crippen LogP contribution < -0.4 is 21.0 Å². The summed E-state index contributed by atoms with van der Waals surface area (Å²) in [4.78, 5) is 25.3. The zero-order chi connectivity index (χ0) is 21.1. The molecule has 156 valence electrons. The molecule has 6 heteroatoms. The summed E-state index contributed by atoms with van der Waals surface area (Å²) in [5.41, 5.74) is 2.44. The molecule has 1 amide bonds. The molecule has 1 aliphatic heterocycles. The lowest BCUT2D eigenvalue weighted by molar-refractivity contribution is 0.102. The van der Waals surface area contributed by atoms with E-state index in [1.807, 2.05) is 37.3 Å². The highest BCUT2D eigenvalue weighted by atomic mass is 16.5. The van der Waals surface area contributed by atoms with Gasteiger partial charge in [0.15, 0.2) is 0 Å². The van der Waals surface area contributed by atoms with E-state index in [0.717, 1.165) is 18.5 Å². The molecule has 2 heterocycles. The van der Waals surface area contributed by atoms with Crippen molar-refractivity contribution in [1.82, 2.24) is 5.32 Å². The van der Waals surface area contributed by atoms with Crippen molar-refractivity contribution in [1.29, 1.82) is 0 Å². The Morgan fingerprint density at radius 3 is 2.67 bits per heavy atom. The van der Waals surface area contributed by atoms with Gasteiger partial charge < -0.3 is 19.8 Å². The number of carbonyl (C=O) groups excluding carboxylic acids is 1. The highest BCUT2D eigenvalue weighted by molar-refractivity contribution is 6.05. The Bertz CT molecular complexity index is 1110. The molecule has 2 aromatic carbocycles. The molecular weight excluding hydrogens is 380 g/mol. The van der Waals surface area contributed by atoms with Crippen molar-refractivity contribution < 1.29 is 13.9 Å². The third kappa shape index (κ3) is 3.96. The first-order chi connectivity index (χ1) is 14.6. The average molecular weight is 406 g/mol. The number of hydrogen-bond acceptors (Lipinski definition) is 5. The molecule has 1 atom stereocenters. The zero-order valence-corrected chi connectivity index (χ0v) is 17.3. The highest BCUT2D eigenvalue weighted by Gasteiger charge is 2.18. The number of hydrogen-bond donors (Lipinski definition) is 2. The number of nitrogens with one attached hydrogen (secondary N) is 2. The Morgan fingerprint density at radius 1 is 1.20 bits per heavy atom. The number of benzene rings is 2. The van der Waals surface area contributed by atoms with Crippen molar-refractivity contribution in [2.45, 2.75) is 38.6 Å². The summed E-state index contributed by atoms with van der Waals surface area (Å²) in [6.07, 6.45) is 4.20. The maximum atomic E-state index is 12.7. The molecule has 1 aromatic heterocycles. The molecule has 0 bridgehead atoms. The number of rotatable bonds is 5. The predicted molar refractivity (Wildman–Crippen MR) is 117 cm³/mol. The second-order valence-electron chi connectivity index (χ2n) is 7.54. The van der Waals surface area contributed by atoms with Crippen LogP contribution in [0.3, 0.4) is 0 Å². The molecule has 0 unspecified atom stereocenters. The molecule has 1 saturated heterocycles. The quantitative estimate of drug-likeness (QED) is 0.613. The van der Waals surface area contributed by atoms with Gasteiger partial charge in [-0.25, -0.2) is 4.79 Å². The van der Waals surface area contributed by atoms with E-state index in [-0.39, 0.29) is 5.56 Å². The van der Waals surface area contributed by atoms with E-state index in [9.17, 15) is 9.59 Å². The van der Waals surface area contributed by atoms with Crippen molar-refractivity contribution in [3.8, 4) is 5.75 Å². The highest BCUT2D eigenvalue weighted by Crippen LogP contribution is 2.28. The Labute approximate surface area is 175 Å². The van der Waals surface area contributed by atoms with Gasteiger partial charge in [-0.2, -0.15) is 0 Å². The molecule has 1 fully saturated rings. The monoisotopic (exact) mass is 406 g/mol. The van der Waals surface area contributed by atoms with Crippen LogP contribution in [0, 0.1) is 0 Å². The van der Waals surface area contributed by atoms with Crippen molar-refractivity contribution in [2.24, 2.45) is 0 Å². The number of amides is 1. The lowest BCUT2D eigenvalue weighted by Gasteiger charge is -2.24. The molecule has 4 rings (SSSR count). The van der Waals surface area contributed by atoms with Crippen LogP contribution in [0.1, 0.15) is 53.7 Å². The summed E-state index contributed by atoms with van der Waals surface area (Å²) in [5.74, 6) is 0.181. The van der Waals surface area contributed by atoms with Crippen molar-refractivity contribution in [3.05, 3.63) is 69.6 Å². The number of anilines is 1. The van der Waals surface area contributed by atoms with Gasteiger partial charge in [-0.15, -0.1) is 0 Å².